The average molecular weight is 339 g/mol. The Kier molecular flexibility index (Phi) is 5.47. The SMILES string of the molecule is O=[N+]([O-])c1ccccc1S(=O)(=O)NCCSc1ccccn1. The van der Waals surface area contributed by atoms with Gasteiger partial charge in [-0.2, -0.15) is 0 Å². The lowest BCUT2D eigenvalue weighted by molar-refractivity contribution is -0.387. The first-order valence-corrected chi connectivity index (χ1v) is 8.74. The monoisotopic (exact) mass is 339 g/mol. The van der Waals surface area contributed by atoms with Crippen molar-refractivity contribution in [2.24, 2.45) is 0 Å². The Bertz CT molecular complexity index is 751. The normalized spacial score (nSPS) is 11.3. The number of benzene rings is 1. The molecule has 0 saturated carbocycles. The van der Waals surface area contributed by atoms with Gasteiger partial charge in [0.2, 0.25) is 10.0 Å². The van der Waals surface area contributed by atoms with Crippen LogP contribution in [0.15, 0.2) is 58.6 Å². The third-order valence-corrected chi connectivity index (χ3v) is 5.09. The fourth-order valence-corrected chi connectivity index (χ4v) is 3.73. The third kappa shape index (κ3) is 4.26. The molecule has 1 heterocycles. The zero-order chi connectivity index (χ0) is 16.0. The van der Waals surface area contributed by atoms with E-state index in [0.717, 1.165) is 11.1 Å². The number of rotatable bonds is 7. The van der Waals surface area contributed by atoms with E-state index in [0.29, 0.717) is 5.75 Å². The van der Waals surface area contributed by atoms with Crippen LogP contribution >= 0.6 is 11.8 Å². The molecule has 0 saturated heterocycles. The third-order valence-electron chi connectivity index (χ3n) is 2.63. The molecule has 0 aliphatic rings. The maximum absolute atomic E-state index is 12.1. The van der Waals surface area contributed by atoms with Crippen LogP contribution in [0.2, 0.25) is 0 Å². The Morgan fingerprint density at radius 2 is 1.91 bits per heavy atom. The van der Waals surface area contributed by atoms with Crippen LogP contribution in [0.5, 0.6) is 0 Å². The highest BCUT2D eigenvalue weighted by Crippen LogP contribution is 2.22. The highest BCUT2D eigenvalue weighted by molar-refractivity contribution is 7.99. The zero-order valence-electron chi connectivity index (χ0n) is 11.4. The molecule has 0 unspecified atom stereocenters. The molecule has 2 aromatic rings. The molecule has 0 aliphatic heterocycles. The Labute approximate surface area is 132 Å². The lowest BCUT2D eigenvalue weighted by atomic mass is 10.3. The minimum absolute atomic E-state index is 0.148. The summed E-state index contributed by atoms with van der Waals surface area (Å²) in [7, 11) is -3.92. The minimum atomic E-state index is -3.92. The van der Waals surface area contributed by atoms with Crippen LogP contribution in [0.25, 0.3) is 0 Å². The summed E-state index contributed by atoms with van der Waals surface area (Å²) >= 11 is 1.39. The molecule has 0 radical (unpaired) electrons. The summed E-state index contributed by atoms with van der Waals surface area (Å²) < 4.78 is 26.6. The summed E-state index contributed by atoms with van der Waals surface area (Å²) in [4.78, 5) is 13.9. The highest BCUT2D eigenvalue weighted by atomic mass is 32.2. The van der Waals surface area contributed by atoms with Gasteiger partial charge >= 0.3 is 0 Å². The van der Waals surface area contributed by atoms with Crippen LogP contribution in [-0.4, -0.2) is 30.6 Å². The van der Waals surface area contributed by atoms with E-state index in [1.165, 1.54) is 30.0 Å². The van der Waals surface area contributed by atoms with Gasteiger partial charge in [-0.15, -0.1) is 11.8 Å². The summed E-state index contributed by atoms with van der Waals surface area (Å²) in [6, 6.07) is 10.7. The van der Waals surface area contributed by atoms with Crippen LogP contribution < -0.4 is 4.72 Å². The molecule has 0 amide bonds. The number of nitrogens with one attached hydrogen (secondary N) is 1. The topological polar surface area (TPSA) is 102 Å². The number of nitro benzene ring substituents is 1. The van der Waals surface area contributed by atoms with E-state index in [9.17, 15) is 18.5 Å². The number of aromatic nitrogens is 1. The lowest BCUT2D eigenvalue weighted by Crippen LogP contribution is -2.26. The van der Waals surface area contributed by atoms with Gasteiger partial charge in [0, 0.05) is 24.6 Å². The van der Waals surface area contributed by atoms with Crippen LogP contribution in [0, 0.1) is 10.1 Å². The Hall–Kier alpha value is -1.97. The Morgan fingerprint density at radius 3 is 2.59 bits per heavy atom. The number of nitrogens with zero attached hydrogens (tertiary/aromatic N) is 2. The van der Waals surface area contributed by atoms with Crippen molar-refractivity contribution in [1.29, 1.82) is 0 Å². The minimum Gasteiger partial charge on any atom is -0.258 e. The number of nitro groups is 1. The molecule has 0 fully saturated rings. The van der Waals surface area contributed by atoms with Gasteiger partial charge in [-0.05, 0) is 18.2 Å². The van der Waals surface area contributed by atoms with Gasteiger partial charge < -0.3 is 0 Å². The predicted molar refractivity (Wildman–Crippen MR) is 83.2 cm³/mol. The number of para-hydroxylation sites is 1. The molecule has 22 heavy (non-hydrogen) atoms. The van der Waals surface area contributed by atoms with Gasteiger partial charge in [0.25, 0.3) is 5.69 Å². The van der Waals surface area contributed by atoms with Crippen LogP contribution in [0.4, 0.5) is 5.69 Å². The first-order chi connectivity index (χ1) is 10.5. The van der Waals surface area contributed by atoms with E-state index in [2.05, 4.69) is 9.71 Å². The van der Waals surface area contributed by atoms with E-state index < -0.39 is 20.6 Å². The average Bonchev–Trinajstić information content (AvgIpc) is 2.52. The number of thioether (sulfide) groups is 1. The van der Waals surface area contributed by atoms with Crippen molar-refractivity contribution in [1.82, 2.24) is 9.71 Å². The standard InChI is InChI=1S/C13H13N3O4S2/c17-16(18)11-5-1-2-6-12(11)22(19,20)15-9-10-21-13-7-3-4-8-14-13/h1-8,15H,9-10H2. The molecule has 1 aromatic heterocycles. The van der Waals surface area contributed by atoms with Gasteiger partial charge in [0.15, 0.2) is 4.90 Å². The maximum atomic E-state index is 12.1. The van der Waals surface area contributed by atoms with E-state index in [1.807, 2.05) is 12.1 Å². The fourth-order valence-electron chi connectivity index (χ4n) is 1.68. The molecule has 7 nitrogen and oxygen atoms in total. The molecule has 0 bridgehead atoms. The van der Waals surface area contributed by atoms with Gasteiger partial charge in [-0.1, -0.05) is 18.2 Å². The van der Waals surface area contributed by atoms with Crippen molar-refractivity contribution in [3.8, 4) is 0 Å². The number of sulfonamides is 1. The van der Waals surface area contributed by atoms with E-state index in [1.54, 1.807) is 12.3 Å². The predicted octanol–water partition coefficient (Wildman–Crippen LogP) is 2.06. The first-order valence-electron chi connectivity index (χ1n) is 6.27. The summed E-state index contributed by atoms with van der Waals surface area (Å²) in [5.74, 6) is 0.469. The second-order valence-corrected chi connectivity index (χ2v) is 6.99. The summed E-state index contributed by atoms with van der Waals surface area (Å²) in [6.07, 6.45) is 1.65. The van der Waals surface area contributed by atoms with Crippen molar-refractivity contribution in [3.63, 3.8) is 0 Å². The number of hydrogen-bond acceptors (Lipinski definition) is 6. The van der Waals surface area contributed by atoms with Crippen LogP contribution in [-0.2, 0) is 10.0 Å². The number of pyridine rings is 1. The second-order valence-electron chi connectivity index (χ2n) is 4.14. The molecule has 1 aromatic carbocycles. The molecular weight excluding hydrogens is 326 g/mol. The molecule has 1 N–H and O–H groups in total. The van der Waals surface area contributed by atoms with Crippen molar-refractivity contribution in [2.45, 2.75) is 9.92 Å². The zero-order valence-corrected chi connectivity index (χ0v) is 13.0. The van der Waals surface area contributed by atoms with Crippen molar-refractivity contribution >= 4 is 27.5 Å². The van der Waals surface area contributed by atoms with E-state index >= 15 is 0 Å². The van der Waals surface area contributed by atoms with Gasteiger partial charge in [0.1, 0.15) is 0 Å². The highest BCUT2D eigenvalue weighted by Gasteiger charge is 2.24. The molecule has 0 spiro atoms. The van der Waals surface area contributed by atoms with E-state index in [4.69, 9.17) is 0 Å². The largest absolute Gasteiger partial charge is 0.289 e. The molecule has 9 heteroatoms. The van der Waals surface area contributed by atoms with Gasteiger partial charge in [-0.3, -0.25) is 10.1 Å². The summed E-state index contributed by atoms with van der Waals surface area (Å²) in [5, 5.41) is 11.7. The van der Waals surface area contributed by atoms with Crippen molar-refractivity contribution in [2.75, 3.05) is 12.3 Å². The lowest BCUT2D eigenvalue weighted by Gasteiger charge is -2.07. The van der Waals surface area contributed by atoms with Crippen molar-refractivity contribution < 1.29 is 13.3 Å². The van der Waals surface area contributed by atoms with E-state index in [-0.39, 0.29) is 11.4 Å². The maximum Gasteiger partial charge on any atom is 0.289 e. The van der Waals surface area contributed by atoms with Gasteiger partial charge in [-0.25, -0.2) is 18.1 Å². The Morgan fingerprint density at radius 1 is 1.18 bits per heavy atom. The van der Waals surface area contributed by atoms with Crippen LogP contribution in [0.1, 0.15) is 0 Å². The van der Waals surface area contributed by atoms with Crippen molar-refractivity contribution in [3.05, 3.63) is 58.8 Å². The molecule has 116 valence electrons. The second kappa shape index (κ2) is 7.34. The Balaban J connectivity index is 1.99. The quantitative estimate of drug-likeness (QED) is 0.358. The molecule has 2 rings (SSSR count). The molecular formula is C13H13N3O4S2. The smallest absolute Gasteiger partial charge is 0.258 e. The summed E-state index contributed by atoms with van der Waals surface area (Å²) in [5.41, 5.74) is -0.438. The first kappa shape index (κ1) is 16.4. The molecule has 0 aliphatic carbocycles. The number of hydrogen-bond donors (Lipinski definition) is 1. The van der Waals surface area contributed by atoms with Gasteiger partial charge in [0.05, 0.1) is 9.95 Å². The van der Waals surface area contributed by atoms with Crippen LogP contribution in [0.3, 0.4) is 0 Å². The molecule has 0 atom stereocenters. The fraction of sp³-hybridized carbons (Fsp3) is 0.154. The summed E-state index contributed by atoms with van der Waals surface area (Å²) in [6.45, 7) is 0.148.